The fourth-order valence-corrected chi connectivity index (χ4v) is 3.26. The summed E-state index contributed by atoms with van der Waals surface area (Å²) in [5, 5.41) is 18.2. The normalized spacial score (nSPS) is 14.4. The number of carboxylic acids is 1. The van der Waals surface area contributed by atoms with E-state index in [1.807, 2.05) is 52.9 Å². The van der Waals surface area contributed by atoms with E-state index in [0.717, 1.165) is 35.5 Å². The van der Waals surface area contributed by atoms with Crippen molar-refractivity contribution in [3.05, 3.63) is 65.2 Å². The predicted octanol–water partition coefficient (Wildman–Crippen LogP) is 1.80. The molecule has 0 atom stereocenters. The first-order valence-electron chi connectivity index (χ1n) is 8.21. The summed E-state index contributed by atoms with van der Waals surface area (Å²) in [6, 6.07) is 9.89. The topological polar surface area (TPSA) is 76.2 Å². The average molecular weight is 337 g/mol. The zero-order valence-corrected chi connectivity index (χ0v) is 14.0. The number of para-hydroxylation sites is 1. The van der Waals surface area contributed by atoms with Crippen LogP contribution in [0, 0.1) is 0 Å². The number of fused-ring (bicyclic) bond motifs is 1. The van der Waals surface area contributed by atoms with Crippen molar-refractivity contribution < 1.29 is 9.90 Å². The van der Waals surface area contributed by atoms with Gasteiger partial charge in [-0.25, -0.2) is 9.48 Å². The minimum absolute atomic E-state index is 0.164. The van der Waals surface area contributed by atoms with E-state index in [1.54, 1.807) is 6.20 Å². The van der Waals surface area contributed by atoms with Gasteiger partial charge in [0, 0.05) is 42.5 Å². The third-order valence-corrected chi connectivity index (χ3v) is 4.52. The van der Waals surface area contributed by atoms with Crippen LogP contribution in [0.2, 0.25) is 0 Å². The van der Waals surface area contributed by atoms with Gasteiger partial charge in [-0.2, -0.15) is 10.2 Å². The molecule has 1 aromatic carbocycles. The van der Waals surface area contributed by atoms with Gasteiger partial charge in [0.05, 0.1) is 18.4 Å². The van der Waals surface area contributed by atoms with Crippen molar-refractivity contribution in [1.82, 2.24) is 24.5 Å². The lowest BCUT2D eigenvalue weighted by molar-refractivity contribution is 0.0687. The van der Waals surface area contributed by atoms with E-state index in [2.05, 4.69) is 15.1 Å². The maximum Gasteiger partial charge on any atom is 0.356 e. The highest BCUT2D eigenvalue weighted by Crippen LogP contribution is 2.23. The van der Waals surface area contributed by atoms with Crippen molar-refractivity contribution >= 4 is 5.97 Å². The molecule has 0 bridgehead atoms. The van der Waals surface area contributed by atoms with Crippen LogP contribution in [0.4, 0.5) is 0 Å². The van der Waals surface area contributed by atoms with E-state index >= 15 is 0 Å². The largest absolute Gasteiger partial charge is 0.476 e. The maximum absolute atomic E-state index is 11.5. The molecule has 0 spiro atoms. The van der Waals surface area contributed by atoms with Crippen LogP contribution >= 0.6 is 0 Å². The standard InChI is InChI=1S/C18H19N5O2/c1-21-8-7-16-15(12-21)17(18(24)25)20-23(16)11-13-9-19-22(10-13)14-5-3-2-4-6-14/h2-6,9-10H,7-8,11-12H2,1H3,(H,24,25). The molecule has 0 saturated heterocycles. The fourth-order valence-electron chi connectivity index (χ4n) is 3.26. The number of nitrogens with zero attached hydrogens (tertiary/aromatic N) is 5. The Labute approximate surface area is 145 Å². The Balaban J connectivity index is 1.65. The predicted molar refractivity (Wildman–Crippen MR) is 91.9 cm³/mol. The second kappa shape index (κ2) is 6.18. The van der Waals surface area contributed by atoms with Gasteiger partial charge in [0.1, 0.15) is 0 Å². The Morgan fingerprint density at radius 2 is 2.08 bits per heavy atom. The zero-order chi connectivity index (χ0) is 17.4. The number of carbonyl (C=O) groups is 1. The van der Waals surface area contributed by atoms with Crippen LogP contribution in [0.1, 0.15) is 27.3 Å². The van der Waals surface area contributed by atoms with Gasteiger partial charge in [-0.15, -0.1) is 0 Å². The molecular weight excluding hydrogens is 318 g/mol. The summed E-state index contributed by atoms with van der Waals surface area (Å²) in [6.45, 7) is 2.05. The van der Waals surface area contributed by atoms with Gasteiger partial charge in [0.15, 0.2) is 5.69 Å². The van der Waals surface area contributed by atoms with E-state index in [4.69, 9.17) is 0 Å². The van der Waals surface area contributed by atoms with Crippen LogP contribution in [0.5, 0.6) is 0 Å². The molecule has 25 heavy (non-hydrogen) atoms. The molecular formula is C18H19N5O2. The van der Waals surface area contributed by atoms with Crippen molar-refractivity contribution in [3.63, 3.8) is 0 Å². The summed E-state index contributed by atoms with van der Waals surface area (Å²) in [5.41, 5.74) is 3.99. The third-order valence-electron chi connectivity index (χ3n) is 4.52. The molecule has 128 valence electrons. The highest BCUT2D eigenvalue weighted by Gasteiger charge is 2.26. The van der Waals surface area contributed by atoms with Crippen LogP contribution in [-0.2, 0) is 19.5 Å². The van der Waals surface area contributed by atoms with E-state index in [1.165, 1.54) is 0 Å². The Bertz CT molecular complexity index is 913. The lowest BCUT2D eigenvalue weighted by atomic mass is 10.1. The molecule has 0 aliphatic carbocycles. The zero-order valence-electron chi connectivity index (χ0n) is 14.0. The third kappa shape index (κ3) is 2.94. The monoisotopic (exact) mass is 337 g/mol. The van der Waals surface area contributed by atoms with Gasteiger partial charge in [0.25, 0.3) is 0 Å². The molecule has 4 rings (SSSR count). The summed E-state index contributed by atoms with van der Waals surface area (Å²) in [4.78, 5) is 13.6. The number of hydrogen-bond donors (Lipinski definition) is 1. The number of aromatic nitrogens is 4. The molecule has 0 unspecified atom stereocenters. The summed E-state index contributed by atoms with van der Waals surface area (Å²) < 4.78 is 3.63. The Morgan fingerprint density at radius 1 is 1.28 bits per heavy atom. The lowest BCUT2D eigenvalue weighted by Gasteiger charge is -2.23. The van der Waals surface area contributed by atoms with E-state index < -0.39 is 5.97 Å². The fraction of sp³-hybridized carbons (Fsp3) is 0.278. The number of aromatic carboxylic acids is 1. The molecule has 0 amide bonds. The van der Waals surface area contributed by atoms with E-state index in [-0.39, 0.29) is 5.69 Å². The highest BCUT2D eigenvalue weighted by atomic mass is 16.4. The summed E-state index contributed by atoms with van der Waals surface area (Å²) in [6.07, 6.45) is 4.56. The first-order chi connectivity index (χ1) is 12.1. The highest BCUT2D eigenvalue weighted by molar-refractivity contribution is 5.87. The number of rotatable bonds is 4. The summed E-state index contributed by atoms with van der Waals surface area (Å²) in [7, 11) is 2.00. The van der Waals surface area contributed by atoms with Gasteiger partial charge >= 0.3 is 5.97 Å². The molecule has 1 N–H and O–H groups in total. The molecule has 0 radical (unpaired) electrons. The van der Waals surface area contributed by atoms with Crippen LogP contribution in [0.3, 0.4) is 0 Å². The molecule has 1 aliphatic heterocycles. The second-order valence-electron chi connectivity index (χ2n) is 6.35. The van der Waals surface area contributed by atoms with Gasteiger partial charge in [-0.05, 0) is 19.2 Å². The van der Waals surface area contributed by atoms with Crippen molar-refractivity contribution in [2.45, 2.75) is 19.5 Å². The number of hydrogen-bond acceptors (Lipinski definition) is 4. The molecule has 0 fully saturated rings. The number of benzene rings is 1. The minimum Gasteiger partial charge on any atom is -0.476 e. The van der Waals surface area contributed by atoms with Crippen molar-refractivity contribution in [1.29, 1.82) is 0 Å². The molecule has 7 nitrogen and oxygen atoms in total. The summed E-state index contributed by atoms with van der Waals surface area (Å²) >= 11 is 0. The average Bonchev–Trinajstić information content (AvgIpc) is 3.21. The first-order valence-corrected chi connectivity index (χ1v) is 8.21. The molecule has 2 aromatic heterocycles. The van der Waals surface area contributed by atoms with Crippen molar-refractivity contribution in [3.8, 4) is 5.69 Å². The van der Waals surface area contributed by atoms with Crippen LogP contribution in [0.25, 0.3) is 5.69 Å². The van der Waals surface area contributed by atoms with Gasteiger partial charge in [0.2, 0.25) is 0 Å². The molecule has 3 heterocycles. The van der Waals surface area contributed by atoms with Crippen molar-refractivity contribution in [2.24, 2.45) is 0 Å². The molecule has 3 aromatic rings. The Kier molecular flexibility index (Phi) is 3.85. The molecule has 7 heteroatoms. The maximum atomic E-state index is 11.5. The van der Waals surface area contributed by atoms with Crippen molar-refractivity contribution in [2.75, 3.05) is 13.6 Å². The van der Waals surface area contributed by atoms with Crippen LogP contribution in [-0.4, -0.2) is 49.1 Å². The quantitative estimate of drug-likeness (QED) is 0.786. The summed E-state index contributed by atoms with van der Waals surface area (Å²) in [5.74, 6) is -0.967. The molecule has 1 aliphatic rings. The Morgan fingerprint density at radius 3 is 2.84 bits per heavy atom. The molecule has 0 saturated carbocycles. The first kappa shape index (κ1) is 15.6. The second-order valence-corrected chi connectivity index (χ2v) is 6.35. The van der Waals surface area contributed by atoms with Gasteiger partial charge in [-0.3, -0.25) is 4.68 Å². The van der Waals surface area contributed by atoms with Crippen LogP contribution in [0.15, 0.2) is 42.7 Å². The smallest absolute Gasteiger partial charge is 0.356 e. The lowest BCUT2D eigenvalue weighted by Crippen LogP contribution is -2.28. The van der Waals surface area contributed by atoms with Gasteiger partial charge < -0.3 is 10.0 Å². The Hall–Kier alpha value is -2.93. The van der Waals surface area contributed by atoms with Gasteiger partial charge in [-0.1, -0.05) is 18.2 Å². The SMILES string of the molecule is CN1CCc2c(c(C(=O)O)nn2Cc2cnn(-c3ccccc3)c2)C1. The van der Waals surface area contributed by atoms with Crippen LogP contribution < -0.4 is 0 Å². The van der Waals surface area contributed by atoms with E-state index in [9.17, 15) is 9.90 Å². The van der Waals surface area contributed by atoms with E-state index in [0.29, 0.717) is 13.1 Å². The number of likely N-dealkylation sites (N-methyl/N-ethyl adjacent to an activating group) is 1. The minimum atomic E-state index is -0.967. The number of carboxylic acid groups (broad SMARTS) is 1.